The molecule has 0 radical (unpaired) electrons. The highest BCUT2D eigenvalue weighted by atomic mass is 19.1. The Morgan fingerprint density at radius 2 is 2.05 bits per heavy atom. The molecular weight excluding hydrogens is 485 g/mol. The molecule has 1 aromatic carbocycles. The van der Waals surface area contributed by atoms with Crippen molar-refractivity contribution in [3.63, 3.8) is 0 Å². The second-order valence-corrected chi connectivity index (χ2v) is 10.4. The molecule has 196 valence electrons. The third kappa shape index (κ3) is 4.46. The zero-order valence-corrected chi connectivity index (χ0v) is 21.4. The van der Waals surface area contributed by atoms with Crippen LogP contribution in [0.25, 0.3) is 16.9 Å². The molecule has 2 aliphatic heterocycles. The van der Waals surface area contributed by atoms with E-state index in [2.05, 4.69) is 25.5 Å². The molecule has 5 heterocycles. The molecule has 6 rings (SSSR count). The number of anilines is 3. The van der Waals surface area contributed by atoms with Crippen molar-refractivity contribution in [3.8, 4) is 11.3 Å². The monoisotopic (exact) mass is 515 g/mol. The third-order valence-electron chi connectivity index (χ3n) is 7.26. The number of fused-ring (bicyclic) bond motifs is 2. The molecule has 0 spiro atoms. The highest BCUT2D eigenvalue weighted by molar-refractivity contribution is 6.06. The molecule has 1 unspecified atom stereocenters. The maximum Gasteiger partial charge on any atom is 0.254 e. The normalized spacial score (nSPS) is 19.2. The summed E-state index contributed by atoms with van der Waals surface area (Å²) >= 11 is 0. The molecule has 2 aliphatic rings. The number of β-amino-alcohol motifs (C(OH)–C–C–N with tert-alkyl or cyclic N) is 1. The smallest absolute Gasteiger partial charge is 0.254 e. The Morgan fingerprint density at radius 3 is 2.84 bits per heavy atom. The molecule has 1 saturated heterocycles. The molecule has 1 fully saturated rings. The van der Waals surface area contributed by atoms with Crippen molar-refractivity contribution < 1.29 is 14.3 Å². The van der Waals surface area contributed by atoms with Gasteiger partial charge in [-0.1, -0.05) is 6.07 Å². The van der Waals surface area contributed by atoms with Crippen molar-refractivity contribution >= 4 is 28.7 Å². The van der Waals surface area contributed by atoms with E-state index in [1.807, 2.05) is 47.7 Å². The lowest BCUT2D eigenvalue weighted by molar-refractivity contribution is 0.00369. The van der Waals surface area contributed by atoms with Crippen LogP contribution in [0.15, 0.2) is 55.0 Å². The van der Waals surface area contributed by atoms with Crippen LogP contribution in [0.1, 0.15) is 28.8 Å². The largest absolute Gasteiger partial charge is 0.387 e. The lowest BCUT2D eigenvalue weighted by Crippen LogP contribution is -2.53. The van der Waals surface area contributed by atoms with Crippen LogP contribution in [0.5, 0.6) is 0 Å². The molecule has 0 aliphatic carbocycles. The Kier molecular flexibility index (Phi) is 6.00. The van der Waals surface area contributed by atoms with Crippen LogP contribution in [0.4, 0.5) is 21.6 Å². The van der Waals surface area contributed by atoms with E-state index >= 15 is 0 Å². The van der Waals surface area contributed by atoms with Crippen molar-refractivity contribution in [1.29, 1.82) is 0 Å². The van der Waals surface area contributed by atoms with Gasteiger partial charge in [0.2, 0.25) is 0 Å². The van der Waals surface area contributed by atoms with Gasteiger partial charge in [0.1, 0.15) is 17.3 Å². The second kappa shape index (κ2) is 9.38. The number of hydrogen-bond acceptors (Lipinski definition) is 7. The summed E-state index contributed by atoms with van der Waals surface area (Å²) in [6, 6.07) is 10.5. The first-order valence-electron chi connectivity index (χ1n) is 12.7. The molecule has 0 saturated carbocycles. The maximum absolute atomic E-state index is 13.7. The third-order valence-corrected chi connectivity index (χ3v) is 7.26. The highest BCUT2D eigenvalue weighted by Gasteiger charge is 2.34. The number of nitrogens with zero attached hydrogens (tertiary/aromatic N) is 5. The molecule has 3 aromatic heterocycles. The zero-order chi connectivity index (χ0) is 26.4. The van der Waals surface area contributed by atoms with Crippen LogP contribution in [-0.2, 0) is 6.54 Å². The van der Waals surface area contributed by atoms with E-state index in [0.29, 0.717) is 42.4 Å². The number of pyridine rings is 2. The van der Waals surface area contributed by atoms with Crippen LogP contribution in [0.2, 0.25) is 0 Å². The number of benzene rings is 1. The van der Waals surface area contributed by atoms with Crippen LogP contribution >= 0.6 is 0 Å². The first-order chi connectivity index (χ1) is 18.3. The molecule has 0 bridgehead atoms. The number of rotatable bonds is 6. The van der Waals surface area contributed by atoms with Crippen molar-refractivity contribution in [2.75, 3.05) is 43.9 Å². The zero-order valence-electron chi connectivity index (χ0n) is 21.4. The summed E-state index contributed by atoms with van der Waals surface area (Å²) in [5.74, 6) is 0.114. The second-order valence-electron chi connectivity index (χ2n) is 10.4. The van der Waals surface area contributed by atoms with E-state index in [1.165, 1.54) is 12.1 Å². The van der Waals surface area contributed by atoms with E-state index in [4.69, 9.17) is 0 Å². The predicted molar refractivity (Wildman–Crippen MR) is 144 cm³/mol. The van der Waals surface area contributed by atoms with Crippen LogP contribution in [0, 0.1) is 5.82 Å². The molecule has 1 amide bonds. The first kappa shape index (κ1) is 24.3. The number of piperidine rings is 1. The minimum Gasteiger partial charge on any atom is -0.387 e. The Morgan fingerprint density at radius 1 is 1.18 bits per heavy atom. The van der Waals surface area contributed by atoms with Gasteiger partial charge in [0.05, 0.1) is 40.6 Å². The Balaban J connectivity index is 1.26. The predicted octanol–water partition coefficient (Wildman–Crippen LogP) is 3.42. The van der Waals surface area contributed by atoms with Gasteiger partial charge in [-0.2, -0.15) is 0 Å². The summed E-state index contributed by atoms with van der Waals surface area (Å²) in [7, 11) is 3.95. The number of halogens is 1. The molecule has 3 N–H and O–H groups in total. The van der Waals surface area contributed by atoms with Crippen molar-refractivity contribution in [2.24, 2.45) is 0 Å². The number of hydrogen-bond donors (Lipinski definition) is 3. The molecule has 9 nitrogen and oxygen atoms in total. The van der Waals surface area contributed by atoms with E-state index < -0.39 is 5.60 Å². The quantitative estimate of drug-likeness (QED) is 0.362. The minimum absolute atomic E-state index is 0.158. The Hall–Kier alpha value is -4.02. The van der Waals surface area contributed by atoms with Gasteiger partial charge in [0, 0.05) is 44.0 Å². The molecule has 38 heavy (non-hydrogen) atoms. The van der Waals surface area contributed by atoms with Gasteiger partial charge in [0.15, 0.2) is 0 Å². The fourth-order valence-corrected chi connectivity index (χ4v) is 5.68. The standard InChI is InChI=1S/C28H30FN7O2/c1-34(2)16-28(38)9-3-10-35(17-28)19-4-7-24(30-13-19)33-22-6-5-20(21-14-32-27(37)26(21)22)23-15-31-25-12-18(29)8-11-36(23)25/h4-8,11-13,15,38H,3,9-10,14,16-17H2,1-2H3,(H,30,33)(H,32,37). The van der Waals surface area contributed by atoms with Crippen LogP contribution < -0.4 is 15.5 Å². The van der Waals surface area contributed by atoms with Gasteiger partial charge < -0.3 is 25.5 Å². The number of carbonyl (C=O) groups is 1. The van der Waals surface area contributed by atoms with Gasteiger partial charge >= 0.3 is 0 Å². The van der Waals surface area contributed by atoms with Gasteiger partial charge in [0.25, 0.3) is 5.91 Å². The van der Waals surface area contributed by atoms with Crippen LogP contribution in [0.3, 0.4) is 0 Å². The number of imidazole rings is 1. The van der Waals surface area contributed by atoms with E-state index in [0.717, 1.165) is 41.9 Å². The van der Waals surface area contributed by atoms with E-state index in [-0.39, 0.29) is 11.7 Å². The molecule has 10 heteroatoms. The van der Waals surface area contributed by atoms with Crippen LogP contribution in [-0.4, -0.2) is 69.6 Å². The Labute approximate surface area is 219 Å². The summed E-state index contributed by atoms with van der Waals surface area (Å²) in [4.78, 5) is 26.0. The summed E-state index contributed by atoms with van der Waals surface area (Å²) < 4.78 is 15.5. The number of nitrogens with one attached hydrogen (secondary N) is 2. The topological polar surface area (TPSA) is 98.0 Å². The fourth-order valence-electron chi connectivity index (χ4n) is 5.68. The lowest BCUT2D eigenvalue weighted by Gasteiger charge is -2.41. The molecule has 4 aromatic rings. The lowest BCUT2D eigenvalue weighted by atomic mass is 9.92. The number of amides is 1. The number of likely N-dealkylation sites (N-methyl/N-ethyl adjacent to an activating group) is 1. The van der Waals surface area contributed by atoms with Gasteiger partial charge in [-0.05, 0) is 56.8 Å². The van der Waals surface area contributed by atoms with E-state index in [9.17, 15) is 14.3 Å². The van der Waals surface area contributed by atoms with Crippen molar-refractivity contribution in [1.82, 2.24) is 24.6 Å². The fraction of sp³-hybridized carbons (Fsp3) is 0.321. The van der Waals surface area contributed by atoms with Gasteiger partial charge in [-0.25, -0.2) is 14.4 Å². The Bertz CT molecular complexity index is 1520. The van der Waals surface area contributed by atoms with Crippen molar-refractivity contribution in [2.45, 2.75) is 25.0 Å². The number of aromatic nitrogens is 3. The van der Waals surface area contributed by atoms with Gasteiger partial charge in [-0.15, -0.1) is 0 Å². The molecule has 1 atom stereocenters. The average molecular weight is 516 g/mol. The molecular formula is C28H30FN7O2. The maximum atomic E-state index is 13.7. The van der Waals surface area contributed by atoms with Crippen molar-refractivity contribution in [3.05, 3.63) is 71.9 Å². The summed E-state index contributed by atoms with van der Waals surface area (Å²) in [5, 5.41) is 17.2. The minimum atomic E-state index is -0.747. The van der Waals surface area contributed by atoms with E-state index in [1.54, 1.807) is 18.6 Å². The number of aliphatic hydroxyl groups is 1. The summed E-state index contributed by atoms with van der Waals surface area (Å²) in [6.07, 6.45) is 6.84. The number of carbonyl (C=O) groups excluding carboxylic acids is 1. The van der Waals surface area contributed by atoms with Gasteiger partial charge in [-0.3, -0.25) is 9.20 Å². The summed E-state index contributed by atoms with van der Waals surface area (Å²) in [6.45, 7) is 2.44. The highest BCUT2D eigenvalue weighted by Crippen LogP contribution is 2.35. The SMILES string of the molecule is CN(C)CC1(O)CCCN(c2ccc(Nc3ccc(-c4cnc5cc(F)ccn45)c4c3C(=O)NC4)nc2)C1. The average Bonchev–Trinajstić information content (AvgIpc) is 3.48. The first-order valence-corrected chi connectivity index (χ1v) is 12.7. The summed E-state index contributed by atoms with van der Waals surface area (Å²) in [5.41, 5.74) is 4.45.